The Morgan fingerprint density at radius 3 is 2.25 bits per heavy atom. The average molecular weight is 514 g/mol. The number of para-hydroxylation sites is 2. The summed E-state index contributed by atoms with van der Waals surface area (Å²) in [6, 6.07) is 8.93. The van der Waals surface area contributed by atoms with Crippen LogP contribution in [0.25, 0.3) is 11.0 Å². The lowest BCUT2D eigenvalue weighted by atomic mass is 9.79. The van der Waals surface area contributed by atoms with Gasteiger partial charge in [-0.15, -0.1) is 0 Å². The number of hydrogen-bond acceptors (Lipinski definition) is 3. The molecule has 2 aliphatic rings. The van der Waals surface area contributed by atoms with E-state index < -0.39 is 9.04 Å². The number of aromatic nitrogens is 2. The standard InChI is InChI=1S/C30H51N3O2Si/c1-7-32-25-17-13-14-18-26(25)33(29(32)34)24-19-20-31(22-23-15-11-9-8-10-12-16-23)27(21-24)28(30(2,3)4)35-36(5)6/h13-14,17-18,23-24,27-28,36H,7-12,15-16,19-22H2,1-6H3. The van der Waals surface area contributed by atoms with Crippen molar-refractivity contribution >= 4 is 20.1 Å². The molecule has 5 nitrogen and oxygen atoms in total. The zero-order chi connectivity index (χ0) is 25.9. The van der Waals surface area contributed by atoms with Gasteiger partial charge in [0.05, 0.1) is 17.1 Å². The van der Waals surface area contributed by atoms with Crippen molar-refractivity contribution in [1.29, 1.82) is 0 Å². The summed E-state index contributed by atoms with van der Waals surface area (Å²) in [4.78, 5) is 16.4. The van der Waals surface area contributed by atoms with Crippen LogP contribution in [-0.2, 0) is 11.0 Å². The minimum atomic E-state index is -1.23. The molecule has 2 heterocycles. The average Bonchev–Trinajstić information content (AvgIpc) is 3.09. The van der Waals surface area contributed by atoms with Crippen molar-refractivity contribution in [3.8, 4) is 0 Å². The zero-order valence-electron chi connectivity index (χ0n) is 23.8. The minimum Gasteiger partial charge on any atom is -0.416 e. The maximum atomic E-state index is 13.6. The molecule has 3 atom stereocenters. The number of fused-ring (bicyclic) bond motifs is 1. The van der Waals surface area contributed by atoms with Crippen molar-refractivity contribution < 1.29 is 4.43 Å². The van der Waals surface area contributed by atoms with Gasteiger partial charge >= 0.3 is 5.69 Å². The van der Waals surface area contributed by atoms with Gasteiger partial charge in [0.15, 0.2) is 9.04 Å². The molecule has 36 heavy (non-hydrogen) atoms. The number of aryl methyl sites for hydroxylation is 1. The molecule has 1 aromatic heterocycles. The summed E-state index contributed by atoms with van der Waals surface area (Å²) >= 11 is 0. The first-order valence-corrected chi connectivity index (χ1v) is 17.6. The molecule has 4 rings (SSSR count). The molecular formula is C30H51N3O2Si. The number of nitrogens with zero attached hydrogens (tertiary/aromatic N) is 3. The Morgan fingerprint density at radius 2 is 1.64 bits per heavy atom. The smallest absolute Gasteiger partial charge is 0.329 e. The van der Waals surface area contributed by atoms with Gasteiger partial charge in [-0.25, -0.2) is 4.79 Å². The van der Waals surface area contributed by atoms with Crippen LogP contribution in [0.5, 0.6) is 0 Å². The normalized spacial score (nSPS) is 24.2. The SMILES string of the molecule is CCn1c(=O)n(C2CCN(CC3CCCCCCC3)C(C(O[SiH](C)C)C(C)(C)C)C2)c2ccccc21. The summed E-state index contributed by atoms with van der Waals surface area (Å²) in [5, 5.41) is 0. The lowest BCUT2D eigenvalue weighted by Crippen LogP contribution is -2.56. The van der Waals surface area contributed by atoms with E-state index in [-0.39, 0.29) is 23.3 Å². The Balaban J connectivity index is 1.67. The highest BCUT2D eigenvalue weighted by atomic mass is 28.3. The quantitative estimate of drug-likeness (QED) is 0.391. The van der Waals surface area contributed by atoms with Gasteiger partial charge in [-0.05, 0) is 69.2 Å². The van der Waals surface area contributed by atoms with Crippen LogP contribution in [0.15, 0.2) is 29.1 Å². The van der Waals surface area contributed by atoms with Crippen molar-refractivity contribution in [1.82, 2.24) is 14.0 Å². The van der Waals surface area contributed by atoms with Gasteiger partial charge in [0.25, 0.3) is 0 Å². The second-order valence-electron chi connectivity index (χ2n) is 12.8. The molecule has 3 unspecified atom stereocenters. The zero-order valence-corrected chi connectivity index (χ0v) is 25.0. The Hall–Kier alpha value is -1.37. The van der Waals surface area contributed by atoms with Crippen LogP contribution in [0.2, 0.25) is 13.1 Å². The predicted molar refractivity (Wildman–Crippen MR) is 155 cm³/mol. The summed E-state index contributed by atoms with van der Waals surface area (Å²) in [5.41, 5.74) is 2.37. The van der Waals surface area contributed by atoms with E-state index in [2.05, 4.69) is 74.5 Å². The second kappa shape index (κ2) is 12.0. The fourth-order valence-electron chi connectivity index (χ4n) is 6.91. The van der Waals surface area contributed by atoms with E-state index in [1.807, 2.05) is 4.57 Å². The van der Waals surface area contributed by atoms with Gasteiger partial charge < -0.3 is 4.43 Å². The van der Waals surface area contributed by atoms with Gasteiger partial charge in [0, 0.05) is 31.7 Å². The van der Waals surface area contributed by atoms with Gasteiger partial charge in [-0.2, -0.15) is 0 Å². The lowest BCUT2D eigenvalue weighted by molar-refractivity contribution is -0.0359. The fraction of sp³-hybridized carbons (Fsp3) is 0.767. The largest absolute Gasteiger partial charge is 0.416 e. The molecule has 0 N–H and O–H groups in total. The second-order valence-corrected chi connectivity index (χ2v) is 15.2. The first-order valence-electron chi connectivity index (χ1n) is 14.8. The van der Waals surface area contributed by atoms with E-state index >= 15 is 0 Å². The fourth-order valence-corrected chi connectivity index (χ4v) is 8.09. The highest BCUT2D eigenvalue weighted by molar-refractivity contribution is 6.48. The first kappa shape index (κ1) is 27.7. The maximum Gasteiger partial charge on any atom is 0.329 e. The Kier molecular flexibility index (Phi) is 9.22. The number of hydrogen-bond donors (Lipinski definition) is 0. The third kappa shape index (κ3) is 6.19. The van der Waals surface area contributed by atoms with Crippen molar-refractivity contribution in [2.75, 3.05) is 13.1 Å². The number of rotatable bonds is 7. The highest BCUT2D eigenvalue weighted by Crippen LogP contribution is 2.38. The molecule has 0 radical (unpaired) electrons. The molecule has 1 aromatic carbocycles. The van der Waals surface area contributed by atoms with E-state index in [4.69, 9.17) is 4.43 Å². The van der Waals surface area contributed by atoms with Crippen LogP contribution in [0.3, 0.4) is 0 Å². The summed E-state index contributed by atoms with van der Waals surface area (Å²) < 4.78 is 10.9. The third-order valence-electron chi connectivity index (χ3n) is 8.62. The van der Waals surface area contributed by atoms with E-state index in [0.717, 1.165) is 36.3 Å². The molecule has 1 saturated heterocycles. The lowest BCUT2D eigenvalue weighted by Gasteiger charge is -2.49. The highest BCUT2D eigenvalue weighted by Gasteiger charge is 2.42. The molecular weight excluding hydrogens is 462 g/mol. The van der Waals surface area contributed by atoms with Gasteiger partial charge in [0.2, 0.25) is 0 Å². The molecule has 0 spiro atoms. The molecule has 0 amide bonds. The molecule has 6 heteroatoms. The summed E-state index contributed by atoms with van der Waals surface area (Å²) in [6.07, 6.45) is 12.0. The van der Waals surface area contributed by atoms with Crippen molar-refractivity contribution in [2.45, 2.75) is 123 Å². The molecule has 202 valence electrons. The van der Waals surface area contributed by atoms with Crippen LogP contribution >= 0.6 is 0 Å². The van der Waals surface area contributed by atoms with Crippen molar-refractivity contribution in [2.24, 2.45) is 11.3 Å². The first-order chi connectivity index (χ1) is 17.2. The molecule has 2 aromatic rings. The molecule has 1 saturated carbocycles. The van der Waals surface area contributed by atoms with Crippen LogP contribution in [-0.4, -0.2) is 48.3 Å². The van der Waals surface area contributed by atoms with Gasteiger partial charge in [-0.3, -0.25) is 14.0 Å². The Labute approximate surface area is 220 Å². The van der Waals surface area contributed by atoms with Crippen LogP contribution < -0.4 is 5.69 Å². The molecule has 1 aliphatic heterocycles. The summed E-state index contributed by atoms with van der Waals surface area (Å²) in [7, 11) is -1.23. The monoisotopic (exact) mass is 513 g/mol. The number of benzene rings is 1. The summed E-state index contributed by atoms with van der Waals surface area (Å²) in [6.45, 7) is 16.7. The molecule has 0 bridgehead atoms. The van der Waals surface area contributed by atoms with E-state index in [1.54, 1.807) is 0 Å². The minimum absolute atomic E-state index is 0.0609. The predicted octanol–water partition coefficient (Wildman–Crippen LogP) is 6.60. The van der Waals surface area contributed by atoms with Crippen LogP contribution in [0, 0.1) is 11.3 Å². The number of imidazole rings is 1. The molecule has 2 fully saturated rings. The topological polar surface area (TPSA) is 39.4 Å². The van der Waals surface area contributed by atoms with E-state index in [9.17, 15) is 4.79 Å². The maximum absolute atomic E-state index is 13.6. The van der Waals surface area contributed by atoms with Gasteiger partial charge in [0.1, 0.15) is 0 Å². The third-order valence-corrected chi connectivity index (χ3v) is 9.46. The number of likely N-dealkylation sites (tertiary alicyclic amines) is 1. The van der Waals surface area contributed by atoms with E-state index in [0.29, 0.717) is 12.6 Å². The van der Waals surface area contributed by atoms with Crippen molar-refractivity contribution in [3.63, 3.8) is 0 Å². The van der Waals surface area contributed by atoms with E-state index in [1.165, 1.54) is 51.5 Å². The summed E-state index contributed by atoms with van der Waals surface area (Å²) in [5.74, 6) is 0.797. The van der Waals surface area contributed by atoms with Gasteiger partial charge in [-0.1, -0.05) is 65.0 Å². The Bertz CT molecular complexity index is 1030. The Morgan fingerprint density at radius 1 is 1.00 bits per heavy atom. The van der Waals surface area contributed by atoms with Crippen LogP contribution in [0.1, 0.15) is 91.5 Å². The van der Waals surface area contributed by atoms with Crippen molar-refractivity contribution in [3.05, 3.63) is 34.7 Å². The molecule has 1 aliphatic carbocycles. The number of piperidine rings is 1. The van der Waals surface area contributed by atoms with Crippen LogP contribution in [0.4, 0.5) is 0 Å².